The molecule has 1 aliphatic rings. The number of benzene rings is 2. The summed E-state index contributed by atoms with van der Waals surface area (Å²) in [5.41, 5.74) is 7.58. The minimum absolute atomic E-state index is 0.0740. The third kappa shape index (κ3) is 1.71. The molecule has 2 aromatic carbocycles. The number of nitrogens with two attached hydrogens (primary N) is 1. The number of carbonyl (C=O) groups excluding carboxylic acids is 1. The number of alkyl halides is 1. The van der Waals surface area contributed by atoms with Crippen molar-refractivity contribution < 1.29 is 4.79 Å². The summed E-state index contributed by atoms with van der Waals surface area (Å²) >= 11 is 6.05. The van der Waals surface area contributed by atoms with E-state index in [0.29, 0.717) is 13.0 Å². The molecular formula is C14H13ClN2O. The fourth-order valence-electron chi connectivity index (χ4n) is 2.45. The molecule has 4 heteroatoms. The second-order valence-corrected chi connectivity index (χ2v) is 5.14. The van der Waals surface area contributed by atoms with Crippen LogP contribution in [0.4, 0.5) is 11.4 Å². The topological polar surface area (TPSA) is 46.3 Å². The Bertz CT molecular complexity index is 626. The van der Waals surface area contributed by atoms with Gasteiger partial charge in [0.05, 0.1) is 11.1 Å². The van der Waals surface area contributed by atoms with Crippen LogP contribution in [0.5, 0.6) is 0 Å². The maximum absolute atomic E-state index is 11.9. The average Bonchev–Trinajstić information content (AvgIpc) is 2.68. The molecule has 2 aromatic rings. The fourth-order valence-corrected chi connectivity index (χ4v) is 2.72. The number of anilines is 2. The van der Waals surface area contributed by atoms with Crippen LogP contribution in [-0.4, -0.2) is 17.8 Å². The van der Waals surface area contributed by atoms with Crippen LogP contribution < -0.4 is 10.6 Å². The van der Waals surface area contributed by atoms with Gasteiger partial charge in [0.2, 0.25) is 5.91 Å². The van der Waals surface area contributed by atoms with Crippen LogP contribution in [-0.2, 0) is 4.79 Å². The zero-order valence-electron chi connectivity index (χ0n) is 9.77. The molecule has 18 heavy (non-hydrogen) atoms. The third-order valence-corrected chi connectivity index (χ3v) is 3.59. The summed E-state index contributed by atoms with van der Waals surface area (Å²) in [6.07, 6.45) is 0.403. The number of hydrogen-bond donors (Lipinski definition) is 1. The van der Waals surface area contributed by atoms with Gasteiger partial charge in [0.25, 0.3) is 0 Å². The van der Waals surface area contributed by atoms with Crippen molar-refractivity contribution in [2.75, 3.05) is 17.2 Å². The highest BCUT2D eigenvalue weighted by molar-refractivity contribution is 6.24. The van der Waals surface area contributed by atoms with Gasteiger partial charge in [0.15, 0.2) is 0 Å². The van der Waals surface area contributed by atoms with E-state index in [1.165, 1.54) is 0 Å². The standard InChI is InChI=1S/C14H13ClN2O/c15-9-7-14(18)17(8-9)13-6-2-3-10-11(13)4-1-5-12(10)16/h1-6,9H,7-8,16H2. The van der Waals surface area contributed by atoms with Crippen LogP contribution in [0.1, 0.15) is 6.42 Å². The molecule has 0 radical (unpaired) electrons. The van der Waals surface area contributed by atoms with Crippen molar-refractivity contribution in [2.45, 2.75) is 11.8 Å². The predicted molar refractivity (Wildman–Crippen MR) is 75.0 cm³/mol. The maximum Gasteiger partial charge on any atom is 0.228 e. The first-order valence-electron chi connectivity index (χ1n) is 5.88. The summed E-state index contributed by atoms with van der Waals surface area (Å²) < 4.78 is 0. The van der Waals surface area contributed by atoms with E-state index in [1.54, 1.807) is 4.90 Å². The second-order valence-electron chi connectivity index (χ2n) is 4.53. The molecule has 0 bridgehead atoms. The smallest absolute Gasteiger partial charge is 0.228 e. The van der Waals surface area contributed by atoms with Gasteiger partial charge in [0, 0.05) is 29.4 Å². The van der Waals surface area contributed by atoms with E-state index in [1.807, 2.05) is 36.4 Å². The Labute approximate surface area is 110 Å². The molecule has 0 aromatic heterocycles. The summed E-state index contributed by atoms with van der Waals surface area (Å²) in [4.78, 5) is 13.7. The van der Waals surface area contributed by atoms with E-state index >= 15 is 0 Å². The number of carbonyl (C=O) groups is 1. The molecule has 2 N–H and O–H groups in total. The molecule has 0 aliphatic carbocycles. The lowest BCUT2D eigenvalue weighted by molar-refractivity contribution is -0.117. The highest BCUT2D eigenvalue weighted by Gasteiger charge is 2.29. The number of halogens is 1. The fraction of sp³-hybridized carbons (Fsp3) is 0.214. The van der Waals surface area contributed by atoms with Gasteiger partial charge in [-0.1, -0.05) is 24.3 Å². The summed E-state index contributed by atoms with van der Waals surface area (Å²) in [5, 5.41) is 1.87. The molecule has 1 amide bonds. The van der Waals surface area contributed by atoms with Crippen molar-refractivity contribution in [3.05, 3.63) is 36.4 Å². The van der Waals surface area contributed by atoms with Gasteiger partial charge in [-0.15, -0.1) is 11.6 Å². The molecule has 3 rings (SSSR count). The lowest BCUT2D eigenvalue weighted by atomic mass is 10.1. The summed E-state index contributed by atoms with van der Waals surface area (Å²) in [5.74, 6) is 0.0740. The van der Waals surface area contributed by atoms with Crippen LogP contribution in [0, 0.1) is 0 Å². The molecular weight excluding hydrogens is 248 g/mol. The third-order valence-electron chi connectivity index (χ3n) is 3.30. The highest BCUT2D eigenvalue weighted by Crippen LogP contribution is 2.33. The van der Waals surface area contributed by atoms with Gasteiger partial charge >= 0.3 is 0 Å². The number of fused-ring (bicyclic) bond motifs is 1. The molecule has 1 aliphatic heterocycles. The Morgan fingerprint density at radius 1 is 1.17 bits per heavy atom. The van der Waals surface area contributed by atoms with Gasteiger partial charge in [0.1, 0.15) is 0 Å². The molecule has 1 unspecified atom stereocenters. The number of amides is 1. The van der Waals surface area contributed by atoms with E-state index in [9.17, 15) is 4.79 Å². The van der Waals surface area contributed by atoms with Gasteiger partial charge < -0.3 is 10.6 Å². The predicted octanol–water partition coefficient (Wildman–Crippen LogP) is 2.77. The molecule has 1 atom stereocenters. The molecule has 0 saturated carbocycles. The van der Waals surface area contributed by atoms with Crippen molar-refractivity contribution >= 4 is 39.7 Å². The summed E-state index contributed by atoms with van der Waals surface area (Å²) in [6.45, 7) is 0.564. The van der Waals surface area contributed by atoms with Crippen molar-refractivity contribution in [2.24, 2.45) is 0 Å². The maximum atomic E-state index is 11.9. The minimum Gasteiger partial charge on any atom is -0.398 e. The SMILES string of the molecule is Nc1cccc2c(N3CC(Cl)CC3=O)cccc12. The molecule has 1 saturated heterocycles. The van der Waals surface area contributed by atoms with E-state index in [0.717, 1.165) is 22.1 Å². The first-order valence-corrected chi connectivity index (χ1v) is 6.32. The van der Waals surface area contributed by atoms with Crippen molar-refractivity contribution in [3.63, 3.8) is 0 Å². The number of nitrogens with zero attached hydrogens (tertiary/aromatic N) is 1. The van der Waals surface area contributed by atoms with Gasteiger partial charge in [-0.25, -0.2) is 0 Å². The Morgan fingerprint density at radius 2 is 1.89 bits per heavy atom. The summed E-state index contributed by atoms with van der Waals surface area (Å²) in [7, 11) is 0. The second kappa shape index (κ2) is 4.18. The monoisotopic (exact) mass is 260 g/mol. The van der Waals surface area contributed by atoms with Crippen molar-refractivity contribution in [1.82, 2.24) is 0 Å². The average molecular weight is 261 g/mol. The van der Waals surface area contributed by atoms with Crippen LogP contribution in [0.15, 0.2) is 36.4 Å². The quantitative estimate of drug-likeness (QED) is 0.633. The van der Waals surface area contributed by atoms with E-state index in [4.69, 9.17) is 17.3 Å². The Kier molecular flexibility index (Phi) is 2.63. The van der Waals surface area contributed by atoms with Crippen LogP contribution in [0.25, 0.3) is 10.8 Å². The van der Waals surface area contributed by atoms with Crippen molar-refractivity contribution in [3.8, 4) is 0 Å². The first-order chi connectivity index (χ1) is 8.66. The molecule has 3 nitrogen and oxygen atoms in total. The minimum atomic E-state index is -0.103. The van der Waals surface area contributed by atoms with Crippen LogP contribution >= 0.6 is 11.6 Å². The van der Waals surface area contributed by atoms with E-state index in [2.05, 4.69) is 0 Å². The van der Waals surface area contributed by atoms with Crippen molar-refractivity contribution in [1.29, 1.82) is 0 Å². The number of hydrogen-bond acceptors (Lipinski definition) is 2. The molecule has 0 spiro atoms. The lowest BCUT2D eigenvalue weighted by Gasteiger charge is -2.18. The molecule has 92 valence electrons. The number of nitrogen functional groups attached to an aromatic ring is 1. The lowest BCUT2D eigenvalue weighted by Crippen LogP contribution is -2.24. The molecule has 1 heterocycles. The Balaban J connectivity index is 2.18. The zero-order chi connectivity index (χ0) is 12.7. The largest absolute Gasteiger partial charge is 0.398 e. The highest BCUT2D eigenvalue weighted by atomic mass is 35.5. The normalized spacial score (nSPS) is 19.7. The molecule has 1 fully saturated rings. The van der Waals surface area contributed by atoms with Crippen LogP contribution in [0.3, 0.4) is 0 Å². The first kappa shape index (κ1) is 11.4. The van der Waals surface area contributed by atoms with Gasteiger partial charge in [-0.05, 0) is 12.1 Å². The summed E-state index contributed by atoms with van der Waals surface area (Å²) in [6, 6.07) is 11.6. The van der Waals surface area contributed by atoms with Crippen LogP contribution in [0.2, 0.25) is 0 Å². The van der Waals surface area contributed by atoms with E-state index in [-0.39, 0.29) is 11.3 Å². The Hall–Kier alpha value is -1.74. The Morgan fingerprint density at radius 3 is 2.61 bits per heavy atom. The number of rotatable bonds is 1. The van der Waals surface area contributed by atoms with E-state index < -0.39 is 0 Å². The zero-order valence-corrected chi connectivity index (χ0v) is 10.5. The van der Waals surface area contributed by atoms with Gasteiger partial charge in [-0.3, -0.25) is 4.79 Å². The van der Waals surface area contributed by atoms with Gasteiger partial charge in [-0.2, -0.15) is 0 Å².